The number of alkyl halides is 3. The standard InChI is InChI=1S/C17H17F3N6O3/c18-17(19,20)11-3-1-9(2-4-11)7-25-13-12(6-22-25)23-16(24-14(13)27)26-8-10(5-21-26)15(28)29/h5-6,8-9,11H,1-4,7H2,(H,28,29)(H,23,24,27)/t9-,11-. The summed E-state index contributed by atoms with van der Waals surface area (Å²) in [6.07, 6.45) is 0.644. The third kappa shape index (κ3) is 3.74. The highest BCUT2D eigenvalue weighted by Crippen LogP contribution is 2.40. The van der Waals surface area contributed by atoms with Crippen molar-refractivity contribution in [3.8, 4) is 11.8 Å². The molecule has 0 atom stereocenters. The zero-order valence-corrected chi connectivity index (χ0v) is 15.0. The largest absolute Gasteiger partial charge is 0.492 e. The summed E-state index contributed by atoms with van der Waals surface area (Å²) in [6, 6.07) is 0. The van der Waals surface area contributed by atoms with Gasteiger partial charge in [-0.05, 0) is 31.6 Å². The molecule has 1 fully saturated rings. The molecule has 154 valence electrons. The fourth-order valence-corrected chi connectivity index (χ4v) is 3.67. The molecule has 1 aliphatic carbocycles. The van der Waals surface area contributed by atoms with E-state index in [1.165, 1.54) is 17.1 Å². The topological polar surface area (TPSA) is 119 Å². The van der Waals surface area contributed by atoms with Gasteiger partial charge in [-0.15, -0.1) is 0 Å². The summed E-state index contributed by atoms with van der Waals surface area (Å²) in [5.74, 6) is -2.78. The molecule has 0 unspecified atom stereocenters. The van der Waals surface area contributed by atoms with Crippen LogP contribution in [0.1, 0.15) is 36.0 Å². The van der Waals surface area contributed by atoms with Gasteiger partial charge in [-0.1, -0.05) is 0 Å². The van der Waals surface area contributed by atoms with Crippen LogP contribution in [0.15, 0.2) is 18.6 Å². The molecule has 1 saturated carbocycles. The van der Waals surface area contributed by atoms with Crippen molar-refractivity contribution < 1.29 is 28.2 Å². The van der Waals surface area contributed by atoms with Crippen molar-refractivity contribution in [1.82, 2.24) is 29.5 Å². The first kappa shape index (κ1) is 19.2. The molecule has 3 heterocycles. The number of rotatable bonds is 4. The number of carbonyl (C=O) groups is 1. The number of halogens is 3. The van der Waals surface area contributed by atoms with Gasteiger partial charge in [-0.3, -0.25) is 4.68 Å². The molecule has 2 N–H and O–H groups in total. The first-order valence-electron chi connectivity index (χ1n) is 9.00. The van der Waals surface area contributed by atoms with Crippen molar-refractivity contribution >= 4 is 17.0 Å². The lowest BCUT2D eigenvalue weighted by molar-refractivity contribution is -0.184. The van der Waals surface area contributed by atoms with Crippen molar-refractivity contribution in [3.05, 3.63) is 24.2 Å². The SMILES string of the molecule is O=C(O)c1cnn(-c2nc(O)c3c(cnn3C[C@H]3CC[C@H](C(F)(F)F)CC3)n2)c1. The average molecular weight is 410 g/mol. The quantitative estimate of drug-likeness (QED) is 0.679. The fourth-order valence-electron chi connectivity index (χ4n) is 3.67. The monoisotopic (exact) mass is 410 g/mol. The van der Waals surface area contributed by atoms with Crippen LogP contribution in [0.2, 0.25) is 0 Å². The van der Waals surface area contributed by atoms with E-state index in [9.17, 15) is 23.1 Å². The predicted molar refractivity (Wildman–Crippen MR) is 92.6 cm³/mol. The Morgan fingerprint density at radius 3 is 2.48 bits per heavy atom. The van der Waals surface area contributed by atoms with Gasteiger partial charge in [0.25, 0.3) is 5.95 Å². The van der Waals surface area contributed by atoms with Gasteiger partial charge in [-0.2, -0.15) is 28.4 Å². The Labute approximate surface area is 161 Å². The molecule has 0 amide bonds. The lowest BCUT2D eigenvalue weighted by Gasteiger charge is -2.29. The first-order valence-corrected chi connectivity index (χ1v) is 9.00. The van der Waals surface area contributed by atoms with E-state index in [1.54, 1.807) is 0 Å². The predicted octanol–water partition coefficient (Wildman–Crippen LogP) is 2.78. The summed E-state index contributed by atoms with van der Waals surface area (Å²) in [7, 11) is 0. The summed E-state index contributed by atoms with van der Waals surface area (Å²) in [5, 5.41) is 27.4. The molecule has 29 heavy (non-hydrogen) atoms. The molecule has 0 bridgehead atoms. The van der Waals surface area contributed by atoms with Gasteiger partial charge in [0, 0.05) is 12.7 Å². The Morgan fingerprint density at radius 1 is 1.14 bits per heavy atom. The van der Waals surface area contributed by atoms with Crippen LogP contribution < -0.4 is 0 Å². The minimum Gasteiger partial charge on any atom is -0.492 e. The summed E-state index contributed by atoms with van der Waals surface area (Å²) in [5.41, 5.74) is 0.541. The van der Waals surface area contributed by atoms with E-state index in [4.69, 9.17) is 5.11 Å². The molecule has 9 nitrogen and oxygen atoms in total. The van der Waals surface area contributed by atoms with Gasteiger partial charge >= 0.3 is 12.1 Å². The second-order valence-corrected chi connectivity index (χ2v) is 7.15. The number of aromatic carboxylic acids is 1. The van der Waals surface area contributed by atoms with Crippen molar-refractivity contribution in [1.29, 1.82) is 0 Å². The van der Waals surface area contributed by atoms with Crippen LogP contribution in [0, 0.1) is 11.8 Å². The summed E-state index contributed by atoms with van der Waals surface area (Å²) in [6.45, 7) is 0.356. The summed E-state index contributed by atoms with van der Waals surface area (Å²) < 4.78 is 41.1. The van der Waals surface area contributed by atoms with E-state index >= 15 is 0 Å². The maximum Gasteiger partial charge on any atom is 0.391 e. The number of nitrogens with zero attached hydrogens (tertiary/aromatic N) is 6. The molecule has 0 radical (unpaired) electrons. The number of fused-ring (bicyclic) bond motifs is 1. The summed E-state index contributed by atoms with van der Waals surface area (Å²) in [4.78, 5) is 19.2. The minimum atomic E-state index is -4.15. The lowest BCUT2D eigenvalue weighted by Crippen LogP contribution is -2.29. The maximum atomic E-state index is 12.8. The minimum absolute atomic E-state index is 0.0139. The Morgan fingerprint density at radius 2 is 1.86 bits per heavy atom. The molecule has 0 aliphatic heterocycles. The number of carboxylic acid groups (broad SMARTS) is 1. The van der Waals surface area contributed by atoms with Crippen molar-refractivity contribution in [2.24, 2.45) is 11.8 Å². The maximum absolute atomic E-state index is 12.8. The number of aromatic hydroxyl groups is 1. The van der Waals surface area contributed by atoms with Gasteiger partial charge in [-0.25, -0.2) is 14.5 Å². The second kappa shape index (κ2) is 7.01. The zero-order valence-electron chi connectivity index (χ0n) is 15.0. The number of carboxylic acids is 1. The first-order chi connectivity index (χ1) is 13.7. The average Bonchev–Trinajstić information content (AvgIpc) is 3.29. The molecule has 0 aromatic carbocycles. The molecular weight excluding hydrogens is 393 g/mol. The van der Waals surface area contributed by atoms with Gasteiger partial charge in [0.1, 0.15) is 11.0 Å². The van der Waals surface area contributed by atoms with Crippen LogP contribution >= 0.6 is 0 Å². The Bertz CT molecular complexity index is 1050. The normalized spacial score (nSPS) is 20.2. The van der Waals surface area contributed by atoms with Crippen LogP contribution in [0.4, 0.5) is 13.2 Å². The molecule has 4 rings (SSSR count). The molecule has 12 heteroatoms. The highest BCUT2D eigenvalue weighted by Gasteiger charge is 2.41. The Balaban J connectivity index is 1.54. The third-order valence-corrected chi connectivity index (χ3v) is 5.23. The van der Waals surface area contributed by atoms with E-state index in [0.717, 1.165) is 10.9 Å². The second-order valence-electron chi connectivity index (χ2n) is 7.15. The molecular formula is C17H17F3N6O3. The molecule has 1 aliphatic rings. The zero-order chi connectivity index (χ0) is 20.8. The highest BCUT2D eigenvalue weighted by atomic mass is 19.4. The highest BCUT2D eigenvalue weighted by molar-refractivity contribution is 5.87. The van der Waals surface area contributed by atoms with Gasteiger partial charge < -0.3 is 10.2 Å². The number of aromatic nitrogens is 6. The van der Waals surface area contributed by atoms with Crippen LogP contribution in [-0.4, -0.2) is 51.9 Å². The van der Waals surface area contributed by atoms with Crippen molar-refractivity contribution in [2.75, 3.05) is 0 Å². The van der Waals surface area contributed by atoms with E-state index in [1.807, 2.05) is 0 Å². The van der Waals surface area contributed by atoms with E-state index in [-0.39, 0.29) is 41.7 Å². The van der Waals surface area contributed by atoms with E-state index in [0.29, 0.717) is 24.9 Å². The molecule has 3 aromatic heterocycles. The van der Waals surface area contributed by atoms with Crippen LogP contribution in [0.25, 0.3) is 17.0 Å². The number of hydrogen-bond donors (Lipinski definition) is 2. The molecule has 0 saturated heterocycles. The lowest BCUT2D eigenvalue weighted by atomic mass is 9.81. The van der Waals surface area contributed by atoms with Crippen molar-refractivity contribution in [3.63, 3.8) is 0 Å². The number of hydrogen-bond acceptors (Lipinski definition) is 6. The van der Waals surface area contributed by atoms with E-state index in [2.05, 4.69) is 20.2 Å². The third-order valence-electron chi connectivity index (χ3n) is 5.23. The fraction of sp³-hybridized carbons (Fsp3) is 0.471. The Kier molecular flexibility index (Phi) is 4.63. The van der Waals surface area contributed by atoms with Gasteiger partial charge in [0.15, 0.2) is 0 Å². The van der Waals surface area contributed by atoms with Crippen molar-refractivity contribution in [2.45, 2.75) is 38.4 Å². The van der Waals surface area contributed by atoms with Crippen LogP contribution in [0.3, 0.4) is 0 Å². The van der Waals surface area contributed by atoms with Crippen LogP contribution in [-0.2, 0) is 6.54 Å². The van der Waals surface area contributed by atoms with E-state index < -0.39 is 18.1 Å². The molecule has 3 aromatic rings. The van der Waals surface area contributed by atoms with Crippen LogP contribution in [0.5, 0.6) is 5.88 Å². The molecule has 0 spiro atoms. The van der Waals surface area contributed by atoms with Gasteiger partial charge in [0.05, 0.1) is 23.9 Å². The van der Waals surface area contributed by atoms with Gasteiger partial charge in [0.2, 0.25) is 5.88 Å². The Hall–Kier alpha value is -3.18. The smallest absolute Gasteiger partial charge is 0.391 e. The summed E-state index contributed by atoms with van der Waals surface area (Å²) >= 11 is 0.